The Hall–Kier alpha value is -4.85. The molecule has 0 radical (unpaired) electrons. The number of nitrogens with two attached hydrogens (primary N) is 1. The van der Waals surface area contributed by atoms with Crippen LogP contribution >= 0.6 is 0 Å². The number of nitrogen functional groups attached to an aromatic ring is 1. The third-order valence-electron chi connectivity index (χ3n) is 4.59. The number of carbonyl (C=O) groups is 2. The second-order valence-corrected chi connectivity index (χ2v) is 7.23. The van der Waals surface area contributed by atoms with E-state index in [9.17, 15) is 9.59 Å². The van der Waals surface area contributed by atoms with Gasteiger partial charge in [-0.2, -0.15) is 15.2 Å². The Morgan fingerprint density at radius 2 is 1.94 bits per heavy atom. The molecule has 3 aromatic rings. The summed E-state index contributed by atoms with van der Waals surface area (Å²) in [4.78, 5) is 34.2. The van der Waals surface area contributed by atoms with E-state index in [1.165, 1.54) is 17.0 Å². The summed E-state index contributed by atoms with van der Waals surface area (Å²) >= 11 is 0. The molecule has 1 aromatic heterocycles. The molecule has 0 aliphatic carbocycles. The van der Waals surface area contributed by atoms with Crippen molar-refractivity contribution in [2.24, 2.45) is 0 Å². The van der Waals surface area contributed by atoms with Crippen LogP contribution in [0.25, 0.3) is 0 Å². The summed E-state index contributed by atoms with van der Waals surface area (Å²) in [6.07, 6.45) is 0. The number of aromatic nitrogens is 2. The fourth-order valence-corrected chi connectivity index (χ4v) is 3.00. The first kappa shape index (κ1) is 21.4. The van der Waals surface area contributed by atoms with Crippen molar-refractivity contribution >= 4 is 29.0 Å². The van der Waals surface area contributed by atoms with Gasteiger partial charge in [0.05, 0.1) is 17.8 Å². The van der Waals surface area contributed by atoms with Gasteiger partial charge in [0.25, 0.3) is 11.8 Å². The Bertz CT molecular complexity index is 1300. The van der Waals surface area contributed by atoms with Crippen molar-refractivity contribution in [2.75, 3.05) is 37.0 Å². The molecular formula is C22H19N7O4. The summed E-state index contributed by atoms with van der Waals surface area (Å²) in [5.41, 5.74) is 7.07. The summed E-state index contributed by atoms with van der Waals surface area (Å²) in [5, 5.41) is 14.6. The SMILES string of the molecule is CN(C)C(=O)c1cccc(Oc2nc3c(c(Oc4ccc(C#N)c(N)c4)n2)NC(=O)CN3)c1. The highest BCUT2D eigenvalue weighted by molar-refractivity contribution is 6.01. The van der Waals surface area contributed by atoms with E-state index in [2.05, 4.69) is 20.6 Å². The molecule has 4 rings (SSSR count). The second-order valence-electron chi connectivity index (χ2n) is 7.23. The number of anilines is 3. The molecule has 0 unspecified atom stereocenters. The first-order chi connectivity index (χ1) is 15.8. The van der Waals surface area contributed by atoms with E-state index in [0.717, 1.165) is 0 Å². The number of ether oxygens (including phenoxy) is 2. The lowest BCUT2D eigenvalue weighted by Gasteiger charge is -2.20. The summed E-state index contributed by atoms with van der Waals surface area (Å²) in [6, 6.07) is 13.0. The van der Waals surface area contributed by atoms with Crippen molar-refractivity contribution in [2.45, 2.75) is 0 Å². The Morgan fingerprint density at radius 3 is 2.67 bits per heavy atom. The molecule has 0 fully saturated rings. The monoisotopic (exact) mass is 445 g/mol. The molecule has 0 spiro atoms. The molecular weight excluding hydrogens is 426 g/mol. The van der Waals surface area contributed by atoms with E-state index in [-0.39, 0.29) is 41.6 Å². The molecule has 2 aromatic carbocycles. The summed E-state index contributed by atoms with van der Waals surface area (Å²) in [7, 11) is 3.31. The van der Waals surface area contributed by atoms with E-state index < -0.39 is 0 Å². The highest BCUT2D eigenvalue weighted by Crippen LogP contribution is 2.37. The van der Waals surface area contributed by atoms with E-state index in [1.807, 2.05) is 6.07 Å². The minimum absolute atomic E-state index is 0.0134. The molecule has 1 aliphatic rings. The Labute approximate surface area is 188 Å². The molecule has 0 atom stereocenters. The molecule has 33 heavy (non-hydrogen) atoms. The summed E-state index contributed by atoms with van der Waals surface area (Å²) in [5.74, 6) is 0.488. The van der Waals surface area contributed by atoms with Gasteiger partial charge in [0, 0.05) is 25.7 Å². The van der Waals surface area contributed by atoms with Crippen LogP contribution in [-0.4, -0.2) is 47.3 Å². The quantitative estimate of drug-likeness (QED) is 0.502. The van der Waals surface area contributed by atoms with Crippen LogP contribution in [0.15, 0.2) is 42.5 Å². The second kappa shape index (κ2) is 8.72. The molecule has 11 nitrogen and oxygen atoms in total. The van der Waals surface area contributed by atoms with E-state index >= 15 is 0 Å². The van der Waals surface area contributed by atoms with Crippen LogP contribution in [0.5, 0.6) is 23.4 Å². The molecule has 11 heteroatoms. The lowest BCUT2D eigenvalue weighted by Crippen LogP contribution is -2.28. The Morgan fingerprint density at radius 1 is 1.15 bits per heavy atom. The number of hydrogen-bond acceptors (Lipinski definition) is 9. The Balaban J connectivity index is 1.69. The van der Waals surface area contributed by atoms with Crippen molar-refractivity contribution in [3.63, 3.8) is 0 Å². The van der Waals surface area contributed by atoms with Gasteiger partial charge in [-0.05, 0) is 30.3 Å². The molecule has 2 heterocycles. The van der Waals surface area contributed by atoms with Gasteiger partial charge in [-0.25, -0.2) is 0 Å². The summed E-state index contributed by atoms with van der Waals surface area (Å²) in [6.45, 7) is 0.0134. The zero-order valence-corrected chi connectivity index (χ0v) is 17.7. The molecule has 2 amide bonds. The third kappa shape index (κ3) is 4.59. The fraction of sp³-hybridized carbons (Fsp3) is 0.136. The maximum atomic E-state index is 12.2. The number of amides is 2. The highest BCUT2D eigenvalue weighted by atomic mass is 16.5. The van der Waals surface area contributed by atoms with Crippen molar-refractivity contribution in [3.8, 4) is 29.5 Å². The first-order valence-corrected chi connectivity index (χ1v) is 9.77. The number of carbonyl (C=O) groups excluding carboxylic acids is 2. The van der Waals surface area contributed by atoms with Gasteiger partial charge in [0.2, 0.25) is 5.91 Å². The van der Waals surface area contributed by atoms with Gasteiger partial charge in [-0.3, -0.25) is 9.59 Å². The van der Waals surface area contributed by atoms with E-state index in [1.54, 1.807) is 44.4 Å². The topological polar surface area (TPSA) is 155 Å². The predicted molar refractivity (Wildman–Crippen MR) is 119 cm³/mol. The number of hydrogen-bond donors (Lipinski definition) is 3. The van der Waals surface area contributed by atoms with Crippen LogP contribution in [0.3, 0.4) is 0 Å². The summed E-state index contributed by atoms with van der Waals surface area (Å²) < 4.78 is 11.6. The van der Waals surface area contributed by atoms with Crippen LogP contribution in [0.4, 0.5) is 17.2 Å². The highest BCUT2D eigenvalue weighted by Gasteiger charge is 2.24. The molecule has 4 N–H and O–H groups in total. The first-order valence-electron chi connectivity index (χ1n) is 9.77. The van der Waals surface area contributed by atoms with Gasteiger partial charge in [-0.1, -0.05) is 6.07 Å². The number of fused-ring (bicyclic) bond motifs is 1. The molecule has 166 valence electrons. The average Bonchev–Trinajstić information content (AvgIpc) is 2.79. The van der Waals surface area contributed by atoms with Crippen LogP contribution < -0.4 is 25.8 Å². The van der Waals surface area contributed by atoms with Crippen LogP contribution in [0.1, 0.15) is 15.9 Å². The average molecular weight is 445 g/mol. The van der Waals surface area contributed by atoms with Gasteiger partial charge in [-0.15, -0.1) is 0 Å². The normalized spacial score (nSPS) is 12.0. The van der Waals surface area contributed by atoms with Crippen LogP contribution in [0, 0.1) is 11.3 Å². The number of nitrogens with one attached hydrogen (secondary N) is 2. The van der Waals surface area contributed by atoms with Crippen molar-refractivity contribution in [1.82, 2.24) is 14.9 Å². The Kier molecular flexibility index (Phi) is 5.65. The van der Waals surface area contributed by atoms with Crippen molar-refractivity contribution in [1.29, 1.82) is 5.26 Å². The standard InChI is InChI=1S/C22H19N7O4/c1-29(2)21(31)12-4-3-5-14(8-12)33-22-27-19-18(26-17(30)11-25-19)20(28-22)32-15-7-6-13(10-23)16(24)9-15/h3-9H,11,24H2,1-2H3,(H,26,30)(H,25,27,28). The third-order valence-corrected chi connectivity index (χ3v) is 4.59. The van der Waals surface area contributed by atoms with Crippen LogP contribution in [0.2, 0.25) is 0 Å². The predicted octanol–water partition coefficient (Wildman–Crippen LogP) is 2.58. The van der Waals surface area contributed by atoms with Crippen LogP contribution in [-0.2, 0) is 4.79 Å². The van der Waals surface area contributed by atoms with Gasteiger partial charge >= 0.3 is 6.01 Å². The number of benzene rings is 2. The molecule has 0 bridgehead atoms. The minimum Gasteiger partial charge on any atom is -0.437 e. The minimum atomic E-state index is -0.293. The lowest BCUT2D eigenvalue weighted by molar-refractivity contribution is -0.114. The smallest absolute Gasteiger partial charge is 0.327 e. The van der Waals surface area contributed by atoms with Gasteiger partial charge in [0.1, 0.15) is 23.3 Å². The van der Waals surface area contributed by atoms with Crippen molar-refractivity contribution < 1.29 is 19.1 Å². The maximum absolute atomic E-state index is 12.2. The van der Waals surface area contributed by atoms with Crippen molar-refractivity contribution in [3.05, 3.63) is 53.6 Å². The molecule has 0 saturated carbocycles. The number of nitriles is 1. The number of rotatable bonds is 5. The van der Waals surface area contributed by atoms with Gasteiger partial charge < -0.3 is 30.7 Å². The number of nitrogens with zero attached hydrogens (tertiary/aromatic N) is 4. The van der Waals surface area contributed by atoms with E-state index in [4.69, 9.17) is 20.5 Å². The van der Waals surface area contributed by atoms with Gasteiger partial charge in [0.15, 0.2) is 5.82 Å². The fourth-order valence-electron chi connectivity index (χ4n) is 3.00. The molecule has 1 aliphatic heterocycles. The zero-order valence-electron chi connectivity index (χ0n) is 17.7. The molecule has 0 saturated heterocycles. The largest absolute Gasteiger partial charge is 0.437 e. The maximum Gasteiger partial charge on any atom is 0.327 e. The zero-order chi connectivity index (χ0) is 23.5. The van der Waals surface area contributed by atoms with E-state index in [0.29, 0.717) is 28.4 Å². The lowest BCUT2D eigenvalue weighted by atomic mass is 10.2.